The van der Waals surface area contributed by atoms with Crippen LogP contribution in [0.1, 0.15) is 16.1 Å². The molecule has 1 unspecified atom stereocenters. The molecule has 0 saturated carbocycles. The third-order valence-electron chi connectivity index (χ3n) is 2.58. The number of ether oxygens (including phenoxy) is 1. The molecule has 0 spiro atoms. The van der Waals surface area contributed by atoms with Crippen LogP contribution in [-0.4, -0.2) is 37.1 Å². The van der Waals surface area contributed by atoms with E-state index in [0.29, 0.717) is 6.54 Å². The number of rotatable bonds is 2. The Labute approximate surface area is 101 Å². The Balaban J connectivity index is 2.07. The van der Waals surface area contributed by atoms with Crippen molar-refractivity contribution in [3.63, 3.8) is 0 Å². The van der Waals surface area contributed by atoms with E-state index >= 15 is 0 Å². The van der Waals surface area contributed by atoms with Crippen LogP contribution in [0.15, 0.2) is 15.9 Å². The summed E-state index contributed by atoms with van der Waals surface area (Å²) in [4.78, 5) is 14.7. The standard InChI is InChI=1S/C10H12BrNO2S/c1-14-7-2-4-12(6-7)10(13)9-8(11)3-5-15-9/h3,5,7H,2,4,6H2,1H3. The lowest BCUT2D eigenvalue weighted by atomic mass is 10.3. The minimum absolute atomic E-state index is 0.108. The van der Waals surface area contributed by atoms with Gasteiger partial charge in [0.25, 0.3) is 5.91 Å². The van der Waals surface area contributed by atoms with Crippen LogP contribution in [-0.2, 0) is 4.74 Å². The number of likely N-dealkylation sites (tertiary alicyclic amines) is 1. The van der Waals surface area contributed by atoms with E-state index in [-0.39, 0.29) is 12.0 Å². The first kappa shape index (κ1) is 11.1. The maximum atomic E-state index is 12.0. The zero-order valence-electron chi connectivity index (χ0n) is 8.40. The maximum absolute atomic E-state index is 12.0. The minimum Gasteiger partial charge on any atom is -0.380 e. The van der Waals surface area contributed by atoms with E-state index in [9.17, 15) is 4.79 Å². The van der Waals surface area contributed by atoms with Gasteiger partial charge in [-0.25, -0.2) is 0 Å². The van der Waals surface area contributed by atoms with E-state index in [4.69, 9.17) is 4.74 Å². The number of nitrogens with zero attached hydrogens (tertiary/aromatic N) is 1. The molecule has 3 nitrogen and oxygen atoms in total. The molecule has 1 aromatic rings. The van der Waals surface area contributed by atoms with Gasteiger partial charge in [-0.05, 0) is 33.8 Å². The number of hydrogen-bond acceptors (Lipinski definition) is 3. The van der Waals surface area contributed by atoms with E-state index < -0.39 is 0 Å². The van der Waals surface area contributed by atoms with Crippen molar-refractivity contribution in [2.24, 2.45) is 0 Å². The number of thiophene rings is 1. The van der Waals surface area contributed by atoms with E-state index in [1.54, 1.807) is 7.11 Å². The summed E-state index contributed by atoms with van der Waals surface area (Å²) in [5, 5.41) is 1.92. The van der Waals surface area contributed by atoms with Crippen LogP contribution < -0.4 is 0 Å². The van der Waals surface area contributed by atoms with Gasteiger partial charge < -0.3 is 9.64 Å². The van der Waals surface area contributed by atoms with Gasteiger partial charge in [-0.2, -0.15) is 0 Å². The fourth-order valence-electron chi connectivity index (χ4n) is 1.70. The molecule has 0 aromatic carbocycles. The largest absolute Gasteiger partial charge is 0.380 e. The SMILES string of the molecule is COC1CCN(C(=O)c2sccc2Br)C1. The summed E-state index contributed by atoms with van der Waals surface area (Å²) < 4.78 is 6.12. The summed E-state index contributed by atoms with van der Waals surface area (Å²) >= 11 is 4.85. The molecule has 1 amide bonds. The molecule has 1 atom stereocenters. The van der Waals surface area contributed by atoms with Gasteiger partial charge in [-0.1, -0.05) is 0 Å². The number of carbonyl (C=O) groups is 1. The van der Waals surface area contributed by atoms with E-state index in [0.717, 1.165) is 22.3 Å². The van der Waals surface area contributed by atoms with Gasteiger partial charge in [0.05, 0.1) is 6.10 Å². The lowest BCUT2D eigenvalue weighted by molar-refractivity contribution is 0.0728. The molecule has 15 heavy (non-hydrogen) atoms. The number of hydrogen-bond donors (Lipinski definition) is 0. The predicted octanol–water partition coefficient (Wildman–Crippen LogP) is 2.37. The number of amides is 1. The van der Waals surface area contributed by atoms with Gasteiger partial charge in [-0.15, -0.1) is 11.3 Å². The van der Waals surface area contributed by atoms with E-state index in [1.807, 2.05) is 16.3 Å². The van der Waals surface area contributed by atoms with Crippen LogP contribution in [0.2, 0.25) is 0 Å². The zero-order valence-corrected chi connectivity index (χ0v) is 10.8. The summed E-state index contributed by atoms with van der Waals surface area (Å²) in [5.41, 5.74) is 0. The Morgan fingerprint density at radius 1 is 1.73 bits per heavy atom. The molecule has 0 N–H and O–H groups in total. The quantitative estimate of drug-likeness (QED) is 0.837. The Morgan fingerprint density at radius 3 is 3.07 bits per heavy atom. The average Bonchev–Trinajstić information content (AvgIpc) is 2.84. The lowest BCUT2D eigenvalue weighted by Crippen LogP contribution is -2.29. The number of halogens is 1. The van der Waals surface area contributed by atoms with Crippen LogP contribution in [0.5, 0.6) is 0 Å². The van der Waals surface area contributed by atoms with Gasteiger partial charge >= 0.3 is 0 Å². The van der Waals surface area contributed by atoms with Gasteiger partial charge in [-0.3, -0.25) is 4.79 Å². The predicted molar refractivity (Wildman–Crippen MR) is 63.3 cm³/mol. The summed E-state index contributed by atoms with van der Waals surface area (Å²) in [6.07, 6.45) is 1.14. The molecule has 1 fully saturated rings. The summed E-state index contributed by atoms with van der Waals surface area (Å²) in [6, 6.07) is 1.90. The van der Waals surface area contributed by atoms with Crippen LogP contribution >= 0.6 is 27.3 Å². The molecule has 82 valence electrons. The highest BCUT2D eigenvalue weighted by atomic mass is 79.9. The fraction of sp³-hybridized carbons (Fsp3) is 0.500. The first-order valence-corrected chi connectivity index (χ1v) is 6.44. The van der Waals surface area contributed by atoms with Crippen molar-refractivity contribution >= 4 is 33.2 Å². The van der Waals surface area contributed by atoms with Gasteiger partial charge in [0.1, 0.15) is 4.88 Å². The monoisotopic (exact) mass is 289 g/mol. The number of methoxy groups -OCH3 is 1. The molecule has 1 aliphatic rings. The molecule has 0 radical (unpaired) electrons. The third kappa shape index (κ3) is 2.24. The second-order valence-corrected chi connectivity index (χ2v) is 5.27. The topological polar surface area (TPSA) is 29.5 Å². The first-order valence-electron chi connectivity index (χ1n) is 4.77. The van der Waals surface area contributed by atoms with Crippen molar-refractivity contribution in [2.45, 2.75) is 12.5 Å². The summed E-state index contributed by atoms with van der Waals surface area (Å²) in [5.74, 6) is 0.108. The fourth-order valence-corrected chi connectivity index (χ4v) is 3.20. The average molecular weight is 290 g/mol. The minimum atomic E-state index is 0.108. The zero-order chi connectivity index (χ0) is 10.8. The number of carbonyl (C=O) groups excluding carboxylic acids is 1. The molecule has 2 heterocycles. The molecule has 1 aromatic heterocycles. The molecule has 0 aliphatic carbocycles. The highest BCUT2D eigenvalue weighted by Crippen LogP contribution is 2.26. The van der Waals surface area contributed by atoms with Crippen molar-refractivity contribution in [1.29, 1.82) is 0 Å². The van der Waals surface area contributed by atoms with Crippen molar-refractivity contribution in [3.05, 3.63) is 20.8 Å². The Kier molecular flexibility index (Phi) is 3.43. The van der Waals surface area contributed by atoms with Gasteiger partial charge in [0.2, 0.25) is 0 Å². The normalized spacial score (nSPS) is 20.9. The molecule has 1 aliphatic heterocycles. The van der Waals surface area contributed by atoms with Crippen molar-refractivity contribution in [1.82, 2.24) is 4.90 Å². The molecule has 1 saturated heterocycles. The molecule has 5 heteroatoms. The molecule has 0 bridgehead atoms. The van der Waals surface area contributed by atoms with Crippen LogP contribution in [0.4, 0.5) is 0 Å². The third-order valence-corrected chi connectivity index (χ3v) is 4.40. The second kappa shape index (κ2) is 4.63. The van der Waals surface area contributed by atoms with Crippen molar-refractivity contribution in [2.75, 3.05) is 20.2 Å². The van der Waals surface area contributed by atoms with Gasteiger partial charge in [0.15, 0.2) is 0 Å². The van der Waals surface area contributed by atoms with E-state index in [1.165, 1.54) is 11.3 Å². The smallest absolute Gasteiger partial charge is 0.265 e. The van der Waals surface area contributed by atoms with Crippen molar-refractivity contribution in [3.8, 4) is 0 Å². The van der Waals surface area contributed by atoms with Crippen LogP contribution in [0.25, 0.3) is 0 Å². The highest BCUT2D eigenvalue weighted by Gasteiger charge is 2.28. The highest BCUT2D eigenvalue weighted by molar-refractivity contribution is 9.10. The van der Waals surface area contributed by atoms with Gasteiger partial charge in [0, 0.05) is 24.7 Å². The molecule has 2 rings (SSSR count). The second-order valence-electron chi connectivity index (χ2n) is 3.50. The lowest BCUT2D eigenvalue weighted by Gasteiger charge is -2.15. The Bertz CT molecular complexity index is 366. The van der Waals surface area contributed by atoms with Crippen LogP contribution in [0, 0.1) is 0 Å². The van der Waals surface area contributed by atoms with E-state index in [2.05, 4.69) is 15.9 Å². The summed E-state index contributed by atoms with van der Waals surface area (Å²) in [7, 11) is 1.69. The first-order chi connectivity index (χ1) is 7.22. The summed E-state index contributed by atoms with van der Waals surface area (Å²) in [6.45, 7) is 1.50. The Hall–Kier alpha value is -0.390. The Morgan fingerprint density at radius 2 is 2.53 bits per heavy atom. The van der Waals surface area contributed by atoms with Crippen molar-refractivity contribution < 1.29 is 9.53 Å². The van der Waals surface area contributed by atoms with Crippen LogP contribution in [0.3, 0.4) is 0 Å². The molecular weight excluding hydrogens is 278 g/mol. The maximum Gasteiger partial charge on any atom is 0.265 e. The molecular formula is C10H12BrNO2S.